The zero-order chi connectivity index (χ0) is 7.72. The van der Waals surface area contributed by atoms with Crippen LogP contribution in [0, 0.1) is 0 Å². The van der Waals surface area contributed by atoms with Gasteiger partial charge in [-0.25, -0.2) is 0 Å². The minimum absolute atomic E-state index is 0.407. The summed E-state index contributed by atoms with van der Waals surface area (Å²) in [4.78, 5) is 0. The maximum atomic E-state index is 8.93. The average Bonchev–Trinajstić information content (AvgIpc) is 2.17. The fraction of sp³-hybridized carbons (Fsp3) is 1.00. The highest BCUT2D eigenvalue weighted by Gasteiger charge is 2.41. The molecule has 0 bridgehead atoms. The lowest BCUT2D eigenvalue weighted by Gasteiger charge is -2.09. The second-order valence-electron chi connectivity index (χ2n) is 2.23. The summed E-state index contributed by atoms with van der Waals surface area (Å²) in [5.74, 6) is 0. The van der Waals surface area contributed by atoms with Crippen molar-refractivity contribution >= 4 is 0 Å². The molecule has 0 spiro atoms. The van der Waals surface area contributed by atoms with E-state index in [4.69, 9.17) is 20.4 Å². The number of hydrogen-bond acceptors (Lipinski definition) is 5. The summed E-state index contributed by atoms with van der Waals surface area (Å²) in [6.45, 7) is -0.407. The predicted molar refractivity (Wildman–Crippen MR) is 30.0 cm³/mol. The van der Waals surface area contributed by atoms with Crippen LogP contribution in [0.2, 0.25) is 0 Å². The van der Waals surface area contributed by atoms with Crippen molar-refractivity contribution in [3.8, 4) is 0 Å². The third-order valence-corrected chi connectivity index (χ3v) is 1.52. The van der Waals surface area contributed by atoms with Crippen molar-refractivity contribution in [2.24, 2.45) is 0 Å². The molecule has 1 rings (SSSR count). The zero-order valence-corrected chi connectivity index (χ0v) is 5.21. The molecule has 60 valence electrons. The van der Waals surface area contributed by atoms with Gasteiger partial charge in [-0.2, -0.15) is 0 Å². The van der Waals surface area contributed by atoms with Gasteiger partial charge in [0.2, 0.25) is 0 Å². The van der Waals surface area contributed by atoms with E-state index in [-0.39, 0.29) is 0 Å². The van der Waals surface area contributed by atoms with E-state index in [1.807, 2.05) is 0 Å². The van der Waals surface area contributed by atoms with Crippen molar-refractivity contribution in [2.75, 3.05) is 6.61 Å². The van der Waals surface area contributed by atoms with E-state index in [0.717, 1.165) is 0 Å². The van der Waals surface area contributed by atoms with Crippen molar-refractivity contribution in [3.05, 3.63) is 0 Å². The van der Waals surface area contributed by atoms with Crippen LogP contribution >= 0.6 is 0 Å². The first-order valence-corrected chi connectivity index (χ1v) is 2.97. The molecule has 0 aromatic heterocycles. The van der Waals surface area contributed by atoms with E-state index < -0.39 is 31.2 Å². The van der Waals surface area contributed by atoms with E-state index in [1.54, 1.807) is 0 Å². The van der Waals surface area contributed by atoms with Crippen LogP contribution in [0.3, 0.4) is 0 Å². The molecule has 4 N–H and O–H groups in total. The predicted octanol–water partition coefficient (Wildman–Crippen LogP) is -2.58. The van der Waals surface area contributed by atoms with Gasteiger partial charge in [0, 0.05) is 0 Å². The maximum Gasteiger partial charge on any atom is 0.184 e. The lowest BCUT2D eigenvalue weighted by Crippen LogP contribution is -2.33. The smallest absolute Gasteiger partial charge is 0.184 e. The molecule has 0 unspecified atom stereocenters. The van der Waals surface area contributed by atoms with Gasteiger partial charge in [-0.05, 0) is 0 Å². The van der Waals surface area contributed by atoms with Crippen LogP contribution in [0.1, 0.15) is 0 Å². The first-order valence-electron chi connectivity index (χ1n) is 2.97. The van der Waals surface area contributed by atoms with Crippen LogP contribution in [-0.4, -0.2) is 51.6 Å². The Kier molecular flexibility index (Phi) is 2.22. The summed E-state index contributed by atoms with van der Waals surface area (Å²) in [6, 6.07) is 0. The highest BCUT2D eigenvalue weighted by atomic mass is 16.8. The molecule has 0 aliphatic carbocycles. The molecule has 0 aromatic carbocycles. The molecule has 4 atom stereocenters. The largest absolute Gasteiger partial charge is 0.394 e. The molecule has 1 aliphatic rings. The normalized spacial score (nSPS) is 48.0. The quantitative estimate of drug-likeness (QED) is 0.310. The van der Waals surface area contributed by atoms with Gasteiger partial charge in [-0.1, -0.05) is 0 Å². The molecule has 0 amide bonds. The molecule has 0 radical (unpaired) electrons. The van der Waals surface area contributed by atoms with Gasteiger partial charge in [0.05, 0.1) is 6.61 Å². The number of ether oxygens (including phenoxy) is 1. The summed E-state index contributed by atoms with van der Waals surface area (Å²) < 4.78 is 4.54. The molecular weight excluding hydrogens is 142 g/mol. The lowest BCUT2D eigenvalue weighted by molar-refractivity contribution is -0.132. The van der Waals surface area contributed by atoms with Crippen molar-refractivity contribution in [1.29, 1.82) is 0 Å². The number of hydrogen-bond donors (Lipinski definition) is 4. The Labute approximate surface area is 57.5 Å². The Hall–Kier alpha value is -0.200. The van der Waals surface area contributed by atoms with Gasteiger partial charge in [0.1, 0.15) is 18.3 Å². The standard InChI is InChI=1S/C5H10O5/c6-1-2-3(7)4(8)5(9)10-2/h2-9H,1H2/t2-,3-,4-,5+/m1/s1/i4+1,5+1. The van der Waals surface area contributed by atoms with E-state index in [0.29, 0.717) is 0 Å². The highest BCUT2D eigenvalue weighted by Crippen LogP contribution is 2.18. The van der Waals surface area contributed by atoms with Crippen LogP contribution in [0.25, 0.3) is 0 Å². The average molecular weight is 152 g/mol. The highest BCUT2D eigenvalue weighted by molar-refractivity contribution is 4.84. The molecule has 0 saturated carbocycles. The lowest BCUT2D eigenvalue weighted by atomic mass is 10.3. The van der Waals surface area contributed by atoms with Crippen molar-refractivity contribution < 1.29 is 25.2 Å². The summed E-state index contributed by atoms with van der Waals surface area (Å²) in [7, 11) is 0. The topological polar surface area (TPSA) is 90.2 Å². The van der Waals surface area contributed by atoms with Crippen molar-refractivity contribution in [3.63, 3.8) is 0 Å². The Morgan fingerprint density at radius 1 is 1.10 bits per heavy atom. The first-order chi connectivity index (χ1) is 4.66. The zero-order valence-electron chi connectivity index (χ0n) is 5.21. The molecule has 0 aromatic rings. The first kappa shape index (κ1) is 7.90. The van der Waals surface area contributed by atoms with E-state index in [2.05, 4.69) is 4.74 Å². The molecule has 1 saturated heterocycles. The third kappa shape index (κ3) is 1.14. The SMILES string of the molecule is OC[C@H]1O[13C@H](O)[13C@H](O)[C@@H]1O. The fourth-order valence-corrected chi connectivity index (χ4v) is 0.880. The summed E-state index contributed by atoms with van der Waals surface area (Å²) in [5, 5.41) is 35.0. The monoisotopic (exact) mass is 152 g/mol. The second-order valence-corrected chi connectivity index (χ2v) is 2.23. The number of aliphatic hydroxyl groups excluding tert-OH is 4. The van der Waals surface area contributed by atoms with Crippen molar-refractivity contribution in [2.45, 2.75) is 24.6 Å². The Balaban J connectivity index is 2.53. The Morgan fingerprint density at radius 3 is 1.90 bits per heavy atom. The molecule has 10 heavy (non-hydrogen) atoms. The van der Waals surface area contributed by atoms with E-state index in [9.17, 15) is 0 Å². The van der Waals surface area contributed by atoms with E-state index in [1.165, 1.54) is 0 Å². The van der Waals surface area contributed by atoms with Gasteiger partial charge < -0.3 is 25.2 Å². The van der Waals surface area contributed by atoms with Crippen molar-refractivity contribution in [1.82, 2.24) is 0 Å². The fourth-order valence-electron chi connectivity index (χ4n) is 0.880. The van der Waals surface area contributed by atoms with Gasteiger partial charge in [-0.15, -0.1) is 0 Å². The minimum atomic E-state index is -1.38. The Bertz CT molecular complexity index is 117. The third-order valence-electron chi connectivity index (χ3n) is 1.52. The van der Waals surface area contributed by atoms with Gasteiger partial charge in [0.15, 0.2) is 6.29 Å². The summed E-state index contributed by atoms with van der Waals surface area (Å²) >= 11 is 0. The summed E-state index contributed by atoms with van der Waals surface area (Å²) in [5.41, 5.74) is 0. The van der Waals surface area contributed by atoms with Gasteiger partial charge in [0.25, 0.3) is 0 Å². The number of aliphatic hydroxyl groups is 4. The van der Waals surface area contributed by atoms with Gasteiger partial charge in [-0.3, -0.25) is 0 Å². The maximum absolute atomic E-state index is 8.93. The van der Waals surface area contributed by atoms with Gasteiger partial charge >= 0.3 is 0 Å². The molecule has 1 fully saturated rings. The molecule has 5 heteroatoms. The van der Waals surface area contributed by atoms with Crippen LogP contribution in [0.4, 0.5) is 0 Å². The molecule has 1 aliphatic heterocycles. The number of rotatable bonds is 1. The minimum Gasteiger partial charge on any atom is -0.394 e. The van der Waals surface area contributed by atoms with Crippen LogP contribution < -0.4 is 0 Å². The molecule has 5 nitrogen and oxygen atoms in total. The molecular formula is C5H10O5. The summed E-state index contributed by atoms with van der Waals surface area (Å²) in [6.07, 6.45) is -4.76. The van der Waals surface area contributed by atoms with Crippen LogP contribution in [0.5, 0.6) is 0 Å². The Morgan fingerprint density at radius 2 is 1.70 bits per heavy atom. The van der Waals surface area contributed by atoms with Crippen LogP contribution in [-0.2, 0) is 4.74 Å². The van der Waals surface area contributed by atoms with E-state index >= 15 is 0 Å². The van der Waals surface area contributed by atoms with Crippen LogP contribution in [0.15, 0.2) is 0 Å². The molecule has 1 heterocycles. The second kappa shape index (κ2) is 2.81.